The van der Waals surface area contributed by atoms with Gasteiger partial charge in [0.25, 0.3) is 0 Å². The monoisotopic (exact) mass is 220 g/mol. The fourth-order valence-corrected chi connectivity index (χ4v) is 1.99. The molecule has 1 saturated carbocycles. The van der Waals surface area contributed by atoms with Gasteiger partial charge in [-0.15, -0.1) is 0 Å². The van der Waals surface area contributed by atoms with Crippen LogP contribution < -0.4 is 4.74 Å². The normalized spacial score (nSPS) is 17.6. The SMILES string of the molecule is Cc1cc(OC(C)C)ccc1C(O)C1CC1. The van der Waals surface area contributed by atoms with Crippen molar-refractivity contribution >= 4 is 0 Å². The maximum Gasteiger partial charge on any atom is 0.119 e. The van der Waals surface area contributed by atoms with E-state index in [2.05, 4.69) is 0 Å². The highest BCUT2D eigenvalue weighted by Gasteiger charge is 2.31. The quantitative estimate of drug-likeness (QED) is 0.844. The first-order valence-corrected chi connectivity index (χ1v) is 6.03. The Hall–Kier alpha value is -1.02. The highest BCUT2D eigenvalue weighted by atomic mass is 16.5. The lowest BCUT2D eigenvalue weighted by atomic mass is 10.00. The predicted molar refractivity (Wildman–Crippen MR) is 64.6 cm³/mol. The molecule has 1 fully saturated rings. The molecule has 1 N–H and O–H groups in total. The van der Waals surface area contributed by atoms with Crippen molar-refractivity contribution in [3.8, 4) is 5.75 Å². The van der Waals surface area contributed by atoms with E-state index in [1.807, 2.05) is 39.0 Å². The number of hydrogen-bond acceptors (Lipinski definition) is 2. The van der Waals surface area contributed by atoms with E-state index in [0.717, 1.165) is 29.7 Å². The minimum Gasteiger partial charge on any atom is -0.491 e. The van der Waals surface area contributed by atoms with Crippen molar-refractivity contribution in [2.75, 3.05) is 0 Å². The zero-order chi connectivity index (χ0) is 11.7. The molecule has 16 heavy (non-hydrogen) atoms. The highest BCUT2D eigenvalue weighted by molar-refractivity contribution is 5.36. The first-order valence-electron chi connectivity index (χ1n) is 6.03. The molecule has 0 amide bonds. The molecule has 0 saturated heterocycles. The maximum absolute atomic E-state index is 10.1. The van der Waals surface area contributed by atoms with Gasteiger partial charge in [-0.3, -0.25) is 0 Å². The number of ether oxygens (including phenoxy) is 1. The zero-order valence-electron chi connectivity index (χ0n) is 10.2. The van der Waals surface area contributed by atoms with Crippen LogP contribution >= 0.6 is 0 Å². The molecule has 2 nitrogen and oxygen atoms in total. The lowest BCUT2D eigenvalue weighted by molar-refractivity contribution is 0.153. The topological polar surface area (TPSA) is 29.5 Å². The van der Waals surface area contributed by atoms with Crippen LogP contribution in [0, 0.1) is 12.8 Å². The predicted octanol–water partition coefficient (Wildman–Crippen LogP) is 3.23. The van der Waals surface area contributed by atoms with Crippen LogP contribution in [0.25, 0.3) is 0 Å². The van der Waals surface area contributed by atoms with Gasteiger partial charge in [0.05, 0.1) is 12.2 Å². The highest BCUT2D eigenvalue weighted by Crippen LogP contribution is 2.42. The lowest BCUT2D eigenvalue weighted by Gasteiger charge is -2.15. The van der Waals surface area contributed by atoms with Gasteiger partial charge < -0.3 is 9.84 Å². The van der Waals surface area contributed by atoms with Gasteiger partial charge in [-0.25, -0.2) is 0 Å². The maximum atomic E-state index is 10.1. The third-order valence-corrected chi connectivity index (χ3v) is 3.00. The zero-order valence-corrected chi connectivity index (χ0v) is 10.2. The van der Waals surface area contributed by atoms with E-state index in [4.69, 9.17) is 4.74 Å². The molecule has 1 aromatic carbocycles. The number of rotatable bonds is 4. The van der Waals surface area contributed by atoms with Crippen LogP contribution in [0.15, 0.2) is 18.2 Å². The summed E-state index contributed by atoms with van der Waals surface area (Å²) in [6.07, 6.45) is 2.22. The van der Waals surface area contributed by atoms with Crippen molar-refractivity contribution in [1.29, 1.82) is 0 Å². The summed E-state index contributed by atoms with van der Waals surface area (Å²) in [6.45, 7) is 6.07. The average Bonchev–Trinajstić information content (AvgIpc) is 2.99. The van der Waals surface area contributed by atoms with Crippen molar-refractivity contribution in [3.05, 3.63) is 29.3 Å². The Bertz CT molecular complexity index is 367. The van der Waals surface area contributed by atoms with E-state index in [1.54, 1.807) is 0 Å². The van der Waals surface area contributed by atoms with Crippen LogP contribution in [0.4, 0.5) is 0 Å². The second-order valence-electron chi connectivity index (χ2n) is 4.97. The second-order valence-corrected chi connectivity index (χ2v) is 4.97. The van der Waals surface area contributed by atoms with Gasteiger partial charge in [0, 0.05) is 0 Å². The number of hydrogen-bond donors (Lipinski definition) is 1. The number of benzene rings is 1. The smallest absolute Gasteiger partial charge is 0.119 e. The average molecular weight is 220 g/mol. The number of aliphatic hydroxyl groups excluding tert-OH is 1. The third kappa shape index (κ3) is 2.56. The second kappa shape index (κ2) is 4.46. The molecule has 0 aromatic heterocycles. The molecule has 0 spiro atoms. The molecule has 1 aromatic rings. The van der Waals surface area contributed by atoms with Crippen LogP contribution in [0.2, 0.25) is 0 Å². The van der Waals surface area contributed by atoms with Crippen LogP contribution in [-0.2, 0) is 0 Å². The Morgan fingerprint density at radius 1 is 1.31 bits per heavy atom. The number of aliphatic hydroxyl groups is 1. The van der Waals surface area contributed by atoms with Crippen molar-refractivity contribution in [2.45, 2.75) is 45.8 Å². The molecule has 0 bridgehead atoms. The Morgan fingerprint density at radius 2 is 2.00 bits per heavy atom. The summed E-state index contributed by atoms with van der Waals surface area (Å²) < 4.78 is 5.62. The summed E-state index contributed by atoms with van der Waals surface area (Å²) in [4.78, 5) is 0. The Labute approximate surface area is 97.3 Å². The van der Waals surface area contributed by atoms with E-state index >= 15 is 0 Å². The van der Waals surface area contributed by atoms with Crippen LogP contribution in [0.3, 0.4) is 0 Å². The summed E-state index contributed by atoms with van der Waals surface area (Å²) in [5.41, 5.74) is 2.18. The van der Waals surface area contributed by atoms with Crippen molar-refractivity contribution < 1.29 is 9.84 Å². The Kier molecular flexibility index (Phi) is 3.20. The van der Waals surface area contributed by atoms with Crippen molar-refractivity contribution in [2.24, 2.45) is 5.92 Å². The first kappa shape index (κ1) is 11.5. The van der Waals surface area contributed by atoms with Crippen molar-refractivity contribution in [1.82, 2.24) is 0 Å². The Morgan fingerprint density at radius 3 is 2.50 bits per heavy atom. The van der Waals surface area contributed by atoms with E-state index < -0.39 is 0 Å². The van der Waals surface area contributed by atoms with E-state index in [1.165, 1.54) is 0 Å². The molecule has 1 aliphatic rings. The fourth-order valence-electron chi connectivity index (χ4n) is 1.99. The molecular weight excluding hydrogens is 200 g/mol. The van der Waals surface area contributed by atoms with Gasteiger partial charge in [0.1, 0.15) is 5.75 Å². The van der Waals surface area contributed by atoms with Gasteiger partial charge >= 0.3 is 0 Å². The molecule has 0 aliphatic heterocycles. The third-order valence-electron chi connectivity index (χ3n) is 3.00. The standard InChI is InChI=1S/C14H20O2/c1-9(2)16-12-6-7-13(10(3)8-12)14(15)11-4-5-11/h6-9,11,14-15H,4-5H2,1-3H3. The summed E-state index contributed by atoms with van der Waals surface area (Å²) in [5.74, 6) is 1.37. The summed E-state index contributed by atoms with van der Waals surface area (Å²) in [5, 5.41) is 10.1. The lowest BCUT2D eigenvalue weighted by Crippen LogP contribution is -2.07. The molecular formula is C14H20O2. The largest absolute Gasteiger partial charge is 0.491 e. The molecule has 1 unspecified atom stereocenters. The Balaban J connectivity index is 2.15. The van der Waals surface area contributed by atoms with E-state index in [-0.39, 0.29) is 12.2 Å². The molecule has 1 atom stereocenters. The summed E-state index contributed by atoms with van der Waals surface area (Å²) >= 11 is 0. The molecule has 0 heterocycles. The van der Waals surface area contributed by atoms with Crippen molar-refractivity contribution in [3.63, 3.8) is 0 Å². The van der Waals surface area contributed by atoms with Gasteiger partial charge in [0.2, 0.25) is 0 Å². The molecule has 2 heteroatoms. The summed E-state index contributed by atoms with van der Waals surface area (Å²) in [6, 6.07) is 5.96. The first-order chi connectivity index (χ1) is 7.58. The van der Waals surface area contributed by atoms with Crippen LogP contribution in [0.5, 0.6) is 5.75 Å². The van der Waals surface area contributed by atoms with Crippen LogP contribution in [-0.4, -0.2) is 11.2 Å². The molecule has 2 rings (SSSR count). The minimum absolute atomic E-state index is 0.193. The van der Waals surface area contributed by atoms with Gasteiger partial charge in [-0.2, -0.15) is 0 Å². The molecule has 88 valence electrons. The fraction of sp³-hybridized carbons (Fsp3) is 0.571. The summed E-state index contributed by atoms with van der Waals surface area (Å²) in [7, 11) is 0. The van der Waals surface area contributed by atoms with Gasteiger partial charge in [-0.05, 0) is 62.8 Å². The van der Waals surface area contributed by atoms with E-state index in [0.29, 0.717) is 5.92 Å². The molecule has 0 radical (unpaired) electrons. The van der Waals surface area contributed by atoms with Gasteiger partial charge in [0.15, 0.2) is 0 Å². The minimum atomic E-state index is -0.284. The van der Waals surface area contributed by atoms with Crippen LogP contribution in [0.1, 0.15) is 43.9 Å². The number of aryl methyl sites for hydroxylation is 1. The molecule has 1 aliphatic carbocycles. The van der Waals surface area contributed by atoms with E-state index in [9.17, 15) is 5.11 Å². The van der Waals surface area contributed by atoms with Gasteiger partial charge in [-0.1, -0.05) is 6.07 Å².